The number of epoxide rings is 1. The lowest BCUT2D eigenvalue weighted by Crippen LogP contribution is -2.09. The molecule has 4 nitrogen and oxygen atoms in total. The molecule has 1 saturated heterocycles. The number of esters is 1. The predicted molar refractivity (Wildman–Crippen MR) is 110 cm³/mol. The summed E-state index contributed by atoms with van der Waals surface area (Å²) in [6.45, 7) is 2.85. The highest BCUT2D eigenvalue weighted by Gasteiger charge is 2.49. The Labute approximate surface area is 168 Å². The third kappa shape index (κ3) is 3.55. The van der Waals surface area contributed by atoms with Crippen molar-refractivity contribution in [1.29, 1.82) is 0 Å². The minimum Gasteiger partial charge on any atom is -0.497 e. The van der Waals surface area contributed by atoms with Crippen LogP contribution in [0.5, 0.6) is 5.75 Å². The van der Waals surface area contributed by atoms with Gasteiger partial charge >= 0.3 is 5.97 Å². The molecule has 0 spiro atoms. The molecule has 3 aromatic rings. The molecule has 0 N–H and O–H groups in total. The quantitative estimate of drug-likeness (QED) is 0.426. The Morgan fingerprint density at radius 3 is 2.46 bits per heavy atom. The zero-order valence-electron chi connectivity index (χ0n) is 15.9. The van der Waals surface area contributed by atoms with E-state index in [2.05, 4.69) is 18.2 Å². The Bertz CT molecular complexity index is 956. The predicted octanol–water partition coefficient (Wildman–Crippen LogP) is 4.80. The highest BCUT2D eigenvalue weighted by molar-refractivity contribution is 7.16. The van der Waals surface area contributed by atoms with Gasteiger partial charge in [0.1, 0.15) is 5.75 Å². The first-order valence-electron chi connectivity index (χ1n) is 9.29. The number of hydrogen-bond donors (Lipinski definition) is 0. The summed E-state index contributed by atoms with van der Waals surface area (Å²) in [5, 5.41) is 0. The lowest BCUT2D eigenvalue weighted by Gasteiger charge is -2.09. The second-order valence-electron chi connectivity index (χ2n) is 6.66. The molecular formula is C23H22O4S. The van der Waals surface area contributed by atoms with Crippen LogP contribution >= 0.6 is 11.3 Å². The monoisotopic (exact) mass is 394 g/mol. The van der Waals surface area contributed by atoms with E-state index in [1.807, 2.05) is 49.4 Å². The van der Waals surface area contributed by atoms with Crippen molar-refractivity contribution in [2.75, 3.05) is 20.3 Å². The van der Waals surface area contributed by atoms with Crippen LogP contribution in [-0.2, 0) is 26.3 Å². The lowest BCUT2D eigenvalue weighted by molar-refractivity contribution is -0.142. The standard InChI is InChI=1S/C23H22O4S/c1-3-26-21(24)14-17-13-20(23(15-27-23)18-7-5-4-6-8-18)28-22(17)16-9-11-19(25-2)12-10-16/h4-13H,3,14-15H2,1-2H3. The number of hydrogen-bond acceptors (Lipinski definition) is 5. The summed E-state index contributed by atoms with van der Waals surface area (Å²) in [5.74, 6) is 0.589. The highest BCUT2D eigenvalue weighted by Crippen LogP contribution is 2.50. The topological polar surface area (TPSA) is 48.1 Å². The molecule has 1 aliphatic heterocycles. The zero-order chi connectivity index (χ0) is 19.6. The van der Waals surface area contributed by atoms with Gasteiger partial charge in [0.2, 0.25) is 0 Å². The minimum absolute atomic E-state index is 0.216. The molecule has 1 aliphatic rings. The molecule has 28 heavy (non-hydrogen) atoms. The molecule has 0 aliphatic carbocycles. The third-order valence-electron chi connectivity index (χ3n) is 4.87. The van der Waals surface area contributed by atoms with E-state index >= 15 is 0 Å². The van der Waals surface area contributed by atoms with Crippen molar-refractivity contribution in [3.63, 3.8) is 0 Å². The van der Waals surface area contributed by atoms with Crippen molar-refractivity contribution >= 4 is 17.3 Å². The van der Waals surface area contributed by atoms with E-state index in [1.54, 1.807) is 18.4 Å². The summed E-state index contributed by atoms with van der Waals surface area (Å²) in [4.78, 5) is 14.4. The van der Waals surface area contributed by atoms with Crippen LogP contribution in [0.2, 0.25) is 0 Å². The number of benzene rings is 2. The van der Waals surface area contributed by atoms with Crippen LogP contribution < -0.4 is 4.74 Å². The number of methoxy groups -OCH3 is 1. The first-order valence-corrected chi connectivity index (χ1v) is 10.1. The van der Waals surface area contributed by atoms with Gasteiger partial charge in [0, 0.05) is 9.75 Å². The van der Waals surface area contributed by atoms with Crippen LogP contribution in [0.15, 0.2) is 60.7 Å². The van der Waals surface area contributed by atoms with Crippen molar-refractivity contribution < 1.29 is 19.0 Å². The maximum Gasteiger partial charge on any atom is 0.310 e. The largest absolute Gasteiger partial charge is 0.497 e. The van der Waals surface area contributed by atoms with E-state index in [1.165, 1.54) is 0 Å². The van der Waals surface area contributed by atoms with Crippen molar-refractivity contribution in [3.05, 3.63) is 76.7 Å². The zero-order valence-corrected chi connectivity index (χ0v) is 16.8. The maximum atomic E-state index is 12.2. The fourth-order valence-corrected chi connectivity index (χ4v) is 4.68. The van der Waals surface area contributed by atoms with Crippen LogP contribution in [0.25, 0.3) is 10.4 Å². The summed E-state index contributed by atoms with van der Waals surface area (Å²) in [5.41, 5.74) is 2.76. The molecule has 2 heterocycles. The van der Waals surface area contributed by atoms with Gasteiger partial charge < -0.3 is 14.2 Å². The molecule has 0 radical (unpaired) electrons. The Morgan fingerprint density at radius 1 is 1.14 bits per heavy atom. The van der Waals surface area contributed by atoms with E-state index in [0.29, 0.717) is 13.2 Å². The van der Waals surface area contributed by atoms with Gasteiger partial charge in [-0.05, 0) is 53.9 Å². The second kappa shape index (κ2) is 7.78. The van der Waals surface area contributed by atoms with Gasteiger partial charge in [-0.1, -0.05) is 30.3 Å². The second-order valence-corrected chi connectivity index (χ2v) is 7.71. The van der Waals surface area contributed by atoms with E-state index < -0.39 is 5.60 Å². The summed E-state index contributed by atoms with van der Waals surface area (Å²) in [6, 6.07) is 20.2. The first-order chi connectivity index (χ1) is 13.7. The van der Waals surface area contributed by atoms with Crippen molar-refractivity contribution in [1.82, 2.24) is 0 Å². The Morgan fingerprint density at radius 2 is 1.86 bits per heavy atom. The molecule has 144 valence electrons. The Balaban J connectivity index is 1.74. The Kier molecular flexibility index (Phi) is 5.20. The van der Waals surface area contributed by atoms with Crippen molar-refractivity contribution in [3.8, 4) is 16.2 Å². The molecule has 1 unspecified atom stereocenters. The number of rotatable bonds is 7. The number of ether oxygens (including phenoxy) is 3. The molecular weight excluding hydrogens is 372 g/mol. The Hall–Kier alpha value is -2.63. The highest BCUT2D eigenvalue weighted by atomic mass is 32.1. The SMILES string of the molecule is CCOC(=O)Cc1cc(C2(c3ccccc3)CO2)sc1-c1ccc(OC)cc1. The fraction of sp³-hybridized carbons (Fsp3) is 0.261. The van der Waals surface area contributed by atoms with Crippen molar-refractivity contribution in [2.45, 2.75) is 18.9 Å². The molecule has 1 fully saturated rings. The normalized spacial score (nSPS) is 17.9. The summed E-state index contributed by atoms with van der Waals surface area (Å²) in [6.07, 6.45) is 0.247. The molecule has 2 aromatic carbocycles. The summed E-state index contributed by atoms with van der Waals surface area (Å²) in [7, 11) is 1.65. The molecule has 4 rings (SSSR count). The fourth-order valence-electron chi connectivity index (χ4n) is 3.34. The van der Waals surface area contributed by atoms with Crippen LogP contribution in [-0.4, -0.2) is 26.3 Å². The van der Waals surface area contributed by atoms with Crippen LogP contribution in [0, 0.1) is 0 Å². The van der Waals surface area contributed by atoms with Gasteiger partial charge in [0.05, 0.1) is 26.7 Å². The molecule has 1 atom stereocenters. The van der Waals surface area contributed by atoms with Crippen molar-refractivity contribution in [2.24, 2.45) is 0 Å². The summed E-state index contributed by atoms with van der Waals surface area (Å²) < 4.78 is 16.4. The molecule has 0 saturated carbocycles. The average Bonchev–Trinajstić information content (AvgIpc) is 3.44. The van der Waals surface area contributed by atoms with E-state index in [0.717, 1.165) is 32.2 Å². The molecule has 1 aromatic heterocycles. The smallest absolute Gasteiger partial charge is 0.310 e. The molecule has 0 amide bonds. The van der Waals surface area contributed by atoms with E-state index in [-0.39, 0.29) is 12.4 Å². The van der Waals surface area contributed by atoms with Gasteiger partial charge in [-0.3, -0.25) is 4.79 Å². The first kappa shape index (κ1) is 18.7. The molecule has 5 heteroatoms. The van der Waals surface area contributed by atoms with Gasteiger partial charge in [0.15, 0.2) is 5.60 Å². The third-order valence-corrected chi connectivity index (χ3v) is 6.24. The van der Waals surface area contributed by atoms with Crippen LogP contribution in [0.3, 0.4) is 0 Å². The number of thiophene rings is 1. The number of carbonyl (C=O) groups excluding carboxylic acids is 1. The summed E-state index contributed by atoms with van der Waals surface area (Å²) >= 11 is 1.68. The maximum absolute atomic E-state index is 12.2. The van der Waals surface area contributed by atoms with Crippen LogP contribution in [0.1, 0.15) is 22.9 Å². The van der Waals surface area contributed by atoms with Crippen LogP contribution in [0.4, 0.5) is 0 Å². The molecule has 0 bridgehead atoms. The van der Waals surface area contributed by atoms with Gasteiger partial charge in [-0.15, -0.1) is 11.3 Å². The number of carbonyl (C=O) groups is 1. The minimum atomic E-state index is -0.403. The van der Waals surface area contributed by atoms with E-state index in [4.69, 9.17) is 14.2 Å². The average molecular weight is 394 g/mol. The van der Waals surface area contributed by atoms with Gasteiger partial charge in [-0.25, -0.2) is 0 Å². The lowest BCUT2D eigenvalue weighted by atomic mass is 9.97. The van der Waals surface area contributed by atoms with Gasteiger partial charge in [-0.2, -0.15) is 0 Å². The van der Waals surface area contributed by atoms with E-state index in [9.17, 15) is 4.79 Å². The van der Waals surface area contributed by atoms with Gasteiger partial charge in [0.25, 0.3) is 0 Å².